The number of hydrogen-bond donors (Lipinski definition) is 5. The molecule has 1 aromatic carbocycles. The maximum absolute atomic E-state index is 13.4. The molecule has 1 fully saturated rings. The van der Waals surface area contributed by atoms with Crippen molar-refractivity contribution in [3.63, 3.8) is 0 Å². The summed E-state index contributed by atoms with van der Waals surface area (Å²) in [6.45, 7) is 4.35. The zero-order chi connectivity index (χ0) is 29.2. The van der Waals surface area contributed by atoms with Crippen LogP contribution in [0.25, 0.3) is 0 Å². The molecular formula is C28H36N6O6. The van der Waals surface area contributed by atoms with E-state index in [1.54, 1.807) is 50.2 Å². The van der Waals surface area contributed by atoms with Gasteiger partial charge in [-0.3, -0.25) is 29.0 Å². The fourth-order valence-corrected chi connectivity index (χ4v) is 4.26. The third-order valence-electron chi connectivity index (χ3n) is 6.46. The van der Waals surface area contributed by atoms with Gasteiger partial charge in [-0.25, -0.2) is 0 Å². The molecule has 2 heterocycles. The first kappa shape index (κ1) is 30.2. The van der Waals surface area contributed by atoms with Gasteiger partial charge in [-0.05, 0) is 30.5 Å². The highest BCUT2D eigenvalue weighted by molar-refractivity contribution is 5.98. The van der Waals surface area contributed by atoms with Crippen LogP contribution in [0.2, 0.25) is 0 Å². The lowest BCUT2D eigenvalue weighted by Crippen LogP contribution is -2.60. The Hall–Kier alpha value is -4.32. The molecule has 1 aliphatic heterocycles. The number of aromatic nitrogens is 1. The number of carbonyl (C=O) groups is 5. The number of carbonyl (C=O) groups excluding carboxylic acids is 5. The number of rotatable bonds is 5. The van der Waals surface area contributed by atoms with Crippen molar-refractivity contribution in [2.45, 2.75) is 51.4 Å². The highest BCUT2D eigenvalue weighted by Gasteiger charge is 2.33. The van der Waals surface area contributed by atoms with Crippen molar-refractivity contribution in [3.8, 4) is 0 Å². The lowest BCUT2D eigenvalue weighted by molar-refractivity contribution is -0.135. The Morgan fingerprint density at radius 1 is 0.950 bits per heavy atom. The summed E-state index contributed by atoms with van der Waals surface area (Å²) in [6, 6.07) is 8.71. The van der Waals surface area contributed by atoms with Crippen LogP contribution < -0.4 is 21.3 Å². The van der Waals surface area contributed by atoms with Crippen molar-refractivity contribution in [1.29, 1.82) is 0 Å². The molecule has 2 aromatic rings. The summed E-state index contributed by atoms with van der Waals surface area (Å²) in [4.78, 5) is 71.1. The number of amides is 5. The van der Waals surface area contributed by atoms with E-state index in [1.807, 2.05) is 6.07 Å². The molecule has 0 bridgehead atoms. The van der Waals surface area contributed by atoms with Gasteiger partial charge >= 0.3 is 0 Å². The molecule has 0 aliphatic carbocycles. The Bertz CT molecular complexity index is 1190. The summed E-state index contributed by atoms with van der Waals surface area (Å²) in [5, 5.41) is 20.8. The predicted octanol–water partition coefficient (Wildman–Crippen LogP) is -0.612. The third-order valence-corrected chi connectivity index (χ3v) is 6.46. The van der Waals surface area contributed by atoms with E-state index in [2.05, 4.69) is 26.3 Å². The van der Waals surface area contributed by atoms with E-state index in [0.29, 0.717) is 0 Å². The van der Waals surface area contributed by atoms with Crippen molar-refractivity contribution in [2.75, 3.05) is 19.6 Å². The molecule has 1 saturated heterocycles. The second-order valence-corrected chi connectivity index (χ2v) is 10.0. The Morgan fingerprint density at radius 2 is 1.68 bits per heavy atom. The molecule has 5 amide bonds. The summed E-state index contributed by atoms with van der Waals surface area (Å²) in [5.41, 5.74) is 1.00. The maximum Gasteiger partial charge on any atom is 0.255 e. The number of benzene rings is 1. The van der Waals surface area contributed by atoms with Crippen LogP contribution in [0.1, 0.15) is 36.7 Å². The molecule has 0 unspecified atom stereocenters. The van der Waals surface area contributed by atoms with Gasteiger partial charge in [0.15, 0.2) is 0 Å². The van der Waals surface area contributed by atoms with Crippen LogP contribution >= 0.6 is 0 Å². The number of hydrogen-bond acceptors (Lipinski definition) is 7. The van der Waals surface area contributed by atoms with Gasteiger partial charge in [0.05, 0.1) is 18.2 Å². The molecule has 1 aromatic heterocycles. The van der Waals surface area contributed by atoms with Gasteiger partial charge in [-0.2, -0.15) is 0 Å². The van der Waals surface area contributed by atoms with Crippen LogP contribution in [0.4, 0.5) is 0 Å². The van der Waals surface area contributed by atoms with Gasteiger partial charge < -0.3 is 31.3 Å². The molecular weight excluding hydrogens is 516 g/mol. The van der Waals surface area contributed by atoms with Gasteiger partial charge in [0.1, 0.15) is 18.1 Å². The molecule has 12 nitrogen and oxygen atoms in total. The Kier molecular flexibility index (Phi) is 10.7. The summed E-state index contributed by atoms with van der Waals surface area (Å²) < 4.78 is 0. The van der Waals surface area contributed by atoms with Crippen LogP contribution in [-0.2, 0) is 25.6 Å². The molecule has 214 valence electrons. The molecule has 5 N–H and O–H groups in total. The largest absolute Gasteiger partial charge is 0.391 e. The average Bonchev–Trinajstić information content (AvgIpc) is 2.93. The molecule has 4 atom stereocenters. The van der Waals surface area contributed by atoms with Gasteiger partial charge in [-0.15, -0.1) is 0 Å². The van der Waals surface area contributed by atoms with Crippen LogP contribution in [-0.4, -0.2) is 88.4 Å². The number of nitrogens with zero attached hydrogens (tertiary/aromatic N) is 2. The lowest BCUT2D eigenvalue weighted by Gasteiger charge is -2.27. The van der Waals surface area contributed by atoms with Gasteiger partial charge in [0, 0.05) is 31.9 Å². The van der Waals surface area contributed by atoms with E-state index in [4.69, 9.17) is 0 Å². The van der Waals surface area contributed by atoms with Crippen LogP contribution in [0.3, 0.4) is 0 Å². The predicted molar refractivity (Wildman–Crippen MR) is 146 cm³/mol. The first-order valence-electron chi connectivity index (χ1n) is 13.2. The molecule has 3 rings (SSSR count). The molecule has 12 heteroatoms. The number of nitrogens with one attached hydrogen (secondary N) is 4. The highest BCUT2D eigenvalue weighted by Crippen LogP contribution is 2.09. The van der Waals surface area contributed by atoms with Crippen molar-refractivity contribution in [1.82, 2.24) is 31.2 Å². The summed E-state index contributed by atoms with van der Waals surface area (Å²) in [7, 11) is 0. The third kappa shape index (κ3) is 8.34. The van der Waals surface area contributed by atoms with E-state index >= 15 is 0 Å². The smallest absolute Gasteiger partial charge is 0.255 e. The van der Waals surface area contributed by atoms with E-state index < -0.39 is 53.8 Å². The quantitative estimate of drug-likeness (QED) is 0.329. The number of aliphatic hydroxyl groups is 1. The van der Waals surface area contributed by atoms with E-state index in [-0.39, 0.29) is 37.5 Å². The first-order valence-corrected chi connectivity index (χ1v) is 13.2. The average molecular weight is 553 g/mol. The second-order valence-electron chi connectivity index (χ2n) is 10.0. The monoisotopic (exact) mass is 552 g/mol. The topological polar surface area (TPSA) is 170 Å². The zero-order valence-corrected chi connectivity index (χ0v) is 22.8. The second kappa shape index (κ2) is 14.2. The number of aliphatic hydroxyl groups excluding tert-OH is 1. The van der Waals surface area contributed by atoms with Gasteiger partial charge in [0.25, 0.3) is 5.91 Å². The summed E-state index contributed by atoms with van der Waals surface area (Å²) in [6.07, 6.45) is 1.73. The Labute approximate surface area is 232 Å². The zero-order valence-electron chi connectivity index (χ0n) is 22.8. The van der Waals surface area contributed by atoms with Gasteiger partial charge in [-0.1, -0.05) is 44.2 Å². The minimum atomic E-state index is -1.32. The molecule has 40 heavy (non-hydrogen) atoms. The van der Waals surface area contributed by atoms with Gasteiger partial charge in [0.2, 0.25) is 23.6 Å². The fraction of sp³-hybridized carbons (Fsp3) is 0.429. The highest BCUT2D eigenvalue weighted by atomic mass is 16.3. The minimum Gasteiger partial charge on any atom is -0.391 e. The van der Waals surface area contributed by atoms with E-state index in [9.17, 15) is 29.1 Å². The molecule has 0 saturated carbocycles. The Morgan fingerprint density at radius 3 is 2.30 bits per heavy atom. The molecule has 0 radical (unpaired) electrons. The first-order chi connectivity index (χ1) is 19.1. The molecule has 0 spiro atoms. The van der Waals surface area contributed by atoms with Crippen LogP contribution in [0.15, 0.2) is 54.9 Å². The van der Waals surface area contributed by atoms with Crippen molar-refractivity contribution < 1.29 is 29.1 Å². The minimum absolute atomic E-state index is 0.0530. The maximum atomic E-state index is 13.4. The Balaban J connectivity index is 1.93. The summed E-state index contributed by atoms with van der Waals surface area (Å²) in [5.74, 6) is -3.38. The van der Waals surface area contributed by atoms with Crippen LogP contribution in [0, 0.1) is 5.92 Å². The van der Waals surface area contributed by atoms with E-state index in [1.165, 1.54) is 24.2 Å². The van der Waals surface area contributed by atoms with Crippen LogP contribution in [0.5, 0.6) is 0 Å². The van der Waals surface area contributed by atoms with Crippen molar-refractivity contribution >= 4 is 29.5 Å². The van der Waals surface area contributed by atoms with Crippen molar-refractivity contribution in [2.24, 2.45) is 5.92 Å². The fourth-order valence-electron chi connectivity index (χ4n) is 4.26. The normalized spacial score (nSPS) is 22.2. The standard InChI is InChI=1S/C28H36N6O6/c1-17(2)23-27(39)31-21(14-19-8-5-4-6-9-19)25(37)33-24(18(3)35)26(38)30-12-13-34(16-22(36)32-23)28(40)20-10-7-11-29-15-20/h4-11,15,17-18,21,23-24,35H,12-14,16H2,1-3H3,(H,30,38)(H,31,39)(H,32,36)(H,33,37)/t18-,21+,23-,24+/m1/s1. The van der Waals surface area contributed by atoms with Crippen molar-refractivity contribution in [3.05, 3.63) is 66.0 Å². The SMILES string of the molecule is CC(C)[C@H]1NC(=O)CN(C(=O)c2cccnc2)CCNC(=O)[C@H]([C@@H](C)O)NC(=O)[C@H](Cc2ccccc2)NC1=O. The summed E-state index contributed by atoms with van der Waals surface area (Å²) >= 11 is 0. The molecule has 1 aliphatic rings. The van der Waals surface area contributed by atoms with E-state index in [0.717, 1.165) is 5.56 Å². The lowest BCUT2D eigenvalue weighted by atomic mass is 10.0. The number of pyridine rings is 1.